The summed E-state index contributed by atoms with van der Waals surface area (Å²) in [5, 5.41) is 15.9. The topological polar surface area (TPSA) is 70.9 Å². The fourth-order valence-corrected chi connectivity index (χ4v) is 2.13. The minimum atomic E-state index is -0.465. The maximum absolute atomic E-state index is 11.8. The smallest absolute Gasteiger partial charge is 0.354 e. The first-order chi connectivity index (χ1) is 9.63. The zero-order chi connectivity index (χ0) is 14.5. The van der Waals surface area contributed by atoms with Crippen molar-refractivity contribution < 1.29 is 14.7 Å². The molecule has 0 bridgehead atoms. The maximum Gasteiger partial charge on any atom is 0.354 e. The van der Waals surface area contributed by atoms with Gasteiger partial charge in [-0.05, 0) is 30.7 Å². The van der Waals surface area contributed by atoms with Crippen LogP contribution in [-0.2, 0) is 9.53 Å². The van der Waals surface area contributed by atoms with Crippen LogP contribution in [0, 0.1) is 0 Å². The molecule has 1 aliphatic heterocycles. The normalized spacial score (nSPS) is 20.2. The van der Waals surface area contributed by atoms with Crippen LogP contribution in [0.1, 0.15) is 24.9 Å². The van der Waals surface area contributed by atoms with Crippen molar-refractivity contribution in [2.75, 3.05) is 6.61 Å². The molecule has 106 valence electrons. The van der Waals surface area contributed by atoms with E-state index < -0.39 is 5.97 Å². The van der Waals surface area contributed by atoms with Crippen molar-refractivity contribution in [2.24, 2.45) is 5.16 Å². The highest BCUT2D eigenvalue weighted by molar-refractivity contribution is 6.30. The Morgan fingerprint density at radius 2 is 2.20 bits per heavy atom. The van der Waals surface area contributed by atoms with Crippen molar-refractivity contribution in [2.45, 2.75) is 19.4 Å². The lowest BCUT2D eigenvalue weighted by atomic mass is 9.97. The van der Waals surface area contributed by atoms with Crippen molar-refractivity contribution in [1.29, 1.82) is 0 Å². The zero-order valence-corrected chi connectivity index (χ0v) is 11.7. The van der Waals surface area contributed by atoms with Crippen molar-refractivity contribution >= 4 is 23.3 Å². The second-order valence-electron chi connectivity index (χ2n) is 4.32. The molecule has 1 aliphatic rings. The van der Waals surface area contributed by atoms with Gasteiger partial charge < -0.3 is 15.3 Å². The molecule has 6 heteroatoms. The van der Waals surface area contributed by atoms with Crippen LogP contribution in [0.5, 0.6) is 0 Å². The zero-order valence-electron chi connectivity index (χ0n) is 11.0. The maximum atomic E-state index is 11.8. The van der Waals surface area contributed by atoms with Gasteiger partial charge in [-0.1, -0.05) is 28.9 Å². The number of oxime groups is 1. The number of carbonyl (C=O) groups excluding carboxylic acids is 1. The fraction of sp³-hybridized carbons (Fsp3) is 0.286. The van der Waals surface area contributed by atoms with Gasteiger partial charge in [-0.25, -0.2) is 4.79 Å². The number of rotatable bonds is 3. The van der Waals surface area contributed by atoms with Crippen LogP contribution in [0.3, 0.4) is 0 Å². The third kappa shape index (κ3) is 3.30. The van der Waals surface area contributed by atoms with Crippen LogP contribution in [0.4, 0.5) is 0 Å². The average Bonchev–Trinajstić information content (AvgIpc) is 2.47. The van der Waals surface area contributed by atoms with Gasteiger partial charge in [0.2, 0.25) is 0 Å². The minimum Gasteiger partial charge on any atom is -0.461 e. The highest BCUT2D eigenvalue weighted by Crippen LogP contribution is 2.24. The molecule has 1 heterocycles. The fourth-order valence-electron chi connectivity index (χ4n) is 2.01. The molecule has 0 saturated heterocycles. The Morgan fingerprint density at radius 3 is 2.80 bits per heavy atom. The first kappa shape index (κ1) is 14.4. The molecular formula is C14H15ClN2O3. The minimum absolute atomic E-state index is 0.164. The summed E-state index contributed by atoms with van der Waals surface area (Å²) in [6, 6.07) is 7.11. The van der Waals surface area contributed by atoms with Crippen molar-refractivity contribution in [3.8, 4) is 0 Å². The van der Waals surface area contributed by atoms with Gasteiger partial charge >= 0.3 is 5.97 Å². The molecule has 0 fully saturated rings. The third-order valence-corrected chi connectivity index (χ3v) is 3.20. The highest BCUT2D eigenvalue weighted by atomic mass is 35.5. The van der Waals surface area contributed by atoms with E-state index in [4.69, 9.17) is 21.5 Å². The number of nitrogens with one attached hydrogen (secondary N) is 1. The molecule has 2 rings (SSSR count). The van der Waals surface area contributed by atoms with E-state index >= 15 is 0 Å². The van der Waals surface area contributed by atoms with Crippen LogP contribution in [0.2, 0.25) is 5.02 Å². The second kappa shape index (κ2) is 6.43. The van der Waals surface area contributed by atoms with E-state index in [9.17, 15) is 4.79 Å². The largest absolute Gasteiger partial charge is 0.461 e. The number of allylic oxidation sites excluding steroid dienone is 1. The molecule has 1 aromatic rings. The summed E-state index contributed by atoms with van der Waals surface area (Å²) in [6.45, 7) is 2.02. The van der Waals surface area contributed by atoms with Gasteiger partial charge in [0.25, 0.3) is 0 Å². The van der Waals surface area contributed by atoms with Crippen LogP contribution < -0.4 is 5.32 Å². The Labute approximate surface area is 121 Å². The van der Waals surface area contributed by atoms with Gasteiger partial charge in [-0.2, -0.15) is 0 Å². The van der Waals surface area contributed by atoms with Crippen molar-refractivity contribution in [1.82, 2.24) is 5.32 Å². The van der Waals surface area contributed by atoms with E-state index in [2.05, 4.69) is 10.5 Å². The number of esters is 1. The number of benzene rings is 1. The monoisotopic (exact) mass is 294 g/mol. The van der Waals surface area contributed by atoms with Crippen molar-refractivity contribution in [3.63, 3.8) is 0 Å². The number of hydrogen-bond acceptors (Lipinski definition) is 5. The summed E-state index contributed by atoms with van der Waals surface area (Å²) in [6.07, 6.45) is 1.96. The molecule has 0 saturated carbocycles. The molecule has 0 aliphatic carbocycles. The van der Waals surface area contributed by atoms with E-state index in [0.717, 1.165) is 5.56 Å². The van der Waals surface area contributed by atoms with Gasteiger partial charge in [-0.15, -0.1) is 0 Å². The molecule has 0 radical (unpaired) electrons. The van der Waals surface area contributed by atoms with Crippen molar-refractivity contribution in [3.05, 3.63) is 46.6 Å². The first-order valence-electron chi connectivity index (χ1n) is 6.25. The first-order valence-corrected chi connectivity index (χ1v) is 6.63. The summed E-state index contributed by atoms with van der Waals surface area (Å²) in [7, 11) is 0. The lowest BCUT2D eigenvalue weighted by Gasteiger charge is -2.25. The lowest BCUT2D eigenvalue weighted by Crippen LogP contribution is -2.32. The summed E-state index contributed by atoms with van der Waals surface area (Å²) in [5.74, 6) is -0.465. The van der Waals surface area contributed by atoms with Gasteiger partial charge in [-0.3, -0.25) is 0 Å². The van der Waals surface area contributed by atoms with E-state index in [0.29, 0.717) is 17.2 Å². The molecule has 1 atom stereocenters. The Morgan fingerprint density at radius 1 is 1.50 bits per heavy atom. The molecule has 0 aromatic heterocycles. The number of nitrogens with zero attached hydrogens (tertiary/aromatic N) is 1. The number of hydrogen-bond donors (Lipinski definition) is 2. The van der Waals surface area contributed by atoms with E-state index in [-0.39, 0.29) is 18.3 Å². The second-order valence-corrected chi connectivity index (χ2v) is 4.76. The molecule has 0 amide bonds. The van der Waals surface area contributed by atoms with E-state index in [1.54, 1.807) is 19.1 Å². The number of carbonyl (C=O) groups is 1. The predicted octanol–water partition coefficient (Wildman–Crippen LogP) is 2.65. The Hall–Kier alpha value is -2.01. The Bertz CT molecular complexity index is 552. The lowest BCUT2D eigenvalue weighted by molar-refractivity contribution is -0.139. The summed E-state index contributed by atoms with van der Waals surface area (Å²) >= 11 is 5.86. The predicted molar refractivity (Wildman–Crippen MR) is 75.9 cm³/mol. The van der Waals surface area contributed by atoms with Gasteiger partial charge in [0.15, 0.2) is 0 Å². The van der Waals surface area contributed by atoms with Crippen LogP contribution in [0.15, 0.2) is 41.2 Å². The van der Waals surface area contributed by atoms with Crippen LogP contribution in [0.25, 0.3) is 0 Å². The quantitative estimate of drug-likeness (QED) is 0.511. The molecule has 20 heavy (non-hydrogen) atoms. The Balaban J connectivity index is 2.23. The van der Waals surface area contributed by atoms with Crippen LogP contribution >= 0.6 is 11.6 Å². The van der Waals surface area contributed by atoms with Gasteiger partial charge in [0.1, 0.15) is 5.70 Å². The standard InChI is InChI=1S/C14H15ClN2O3/c1-2-20-14(18)13-8-11(17-19)7-12(16-13)9-3-5-10(15)6-4-9/h3-6,8,12,16,19H,2,7H2,1H3/b17-11+. The highest BCUT2D eigenvalue weighted by Gasteiger charge is 2.24. The Kier molecular flexibility index (Phi) is 4.63. The molecule has 5 nitrogen and oxygen atoms in total. The molecule has 1 aromatic carbocycles. The summed E-state index contributed by atoms with van der Waals surface area (Å²) in [4.78, 5) is 11.8. The summed E-state index contributed by atoms with van der Waals surface area (Å²) in [5.41, 5.74) is 1.66. The van der Waals surface area contributed by atoms with Crippen LogP contribution in [-0.4, -0.2) is 23.5 Å². The van der Waals surface area contributed by atoms with Gasteiger partial charge in [0.05, 0.1) is 18.4 Å². The SMILES string of the molecule is CCOC(=O)C1=C/C(=N/O)CC(c2ccc(Cl)cc2)N1. The van der Waals surface area contributed by atoms with E-state index in [1.165, 1.54) is 6.08 Å². The number of halogens is 1. The molecule has 1 unspecified atom stereocenters. The number of ether oxygens (including phenoxy) is 1. The molecular weight excluding hydrogens is 280 g/mol. The third-order valence-electron chi connectivity index (χ3n) is 2.95. The molecule has 0 spiro atoms. The molecule has 2 N–H and O–H groups in total. The van der Waals surface area contributed by atoms with E-state index in [1.807, 2.05) is 12.1 Å². The van der Waals surface area contributed by atoms with Gasteiger partial charge in [0, 0.05) is 11.4 Å². The summed E-state index contributed by atoms with van der Waals surface area (Å²) < 4.78 is 4.95. The average molecular weight is 295 g/mol.